The molecule has 2 N–H and O–H groups in total. The van der Waals surface area contributed by atoms with Gasteiger partial charge in [-0.05, 0) is 25.1 Å². The molecule has 0 aliphatic carbocycles. The van der Waals surface area contributed by atoms with Crippen molar-refractivity contribution in [2.75, 3.05) is 20.1 Å². The van der Waals surface area contributed by atoms with Crippen molar-refractivity contribution in [2.45, 2.75) is 25.6 Å². The average molecular weight is 258 g/mol. The van der Waals surface area contributed by atoms with E-state index in [0.29, 0.717) is 6.04 Å². The lowest BCUT2D eigenvalue weighted by Gasteiger charge is -2.43. The van der Waals surface area contributed by atoms with Crippen LogP contribution < -0.4 is 5.73 Å². The van der Waals surface area contributed by atoms with E-state index in [1.165, 1.54) is 11.1 Å². The maximum Gasteiger partial charge on any atom is 0.293 e. The number of nitrogens with two attached hydrogens (primary N) is 1. The molecular weight excluding hydrogens is 237 g/mol. The molecule has 2 rings (SSSR count). The average Bonchev–Trinajstić information content (AvgIpc) is 2.33. The van der Waals surface area contributed by atoms with Crippen molar-refractivity contribution in [3.63, 3.8) is 0 Å². The molecule has 0 spiro atoms. The molecule has 1 aliphatic heterocycles. The number of carbonyl (C=O) groups is 1. The van der Waals surface area contributed by atoms with Gasteiger partial charge >= 0.3 is 0 Å². The second-order valence-corrected chi connectivity index (χ2v) is 5.34. The zero-order valence-electron chi connectivity index (χ0n) is 11.6. The summed E-state index contributed by atoms with van der Waals surface area (Å²) in [5.74, 6) is 0. The highest BCUT2D eigenvalue weighted by molar-refractivity contribution is 6.64. The SMILES string of the molecule is C[C@H](N)c1ccc(CN(C)C2CN([B]C=O)C2)cc1. The maximum absolute atomic E-state index is 10.3. The van der Waals surface area contributed by atoms with Crippen molar-refractivity contribution < 1.29 is 4.79 Å². The van der Waals surface area contributed by atoms with Gasteiger partial charge in [0.2, 0.25) is 0 Å². The Bertz CT molecular complexity index is 415. The minimum absolute atomic E-state index is 0.0887. The van der Waals surface area contributed by atoms with Crippen LogP contribution in [0.3, 0.4) is 0 Å². The molecule has 0 bridgehead atoms. The van der Waals surface area contributed by atoms with Gasteiger partial charge in [0.15, 0.2) is 0 Å². The molecule has 1 aromatic rings. The Hall–Kier alpha value is -1.17. The van der Waals surface area contributed by atoms with Gasteiger partial charge in [-0.3, -0.25) is 4.90 Å². The fourth-order valence-corrected chi connectivity index (χ4v) is 2.32. The fourth-order valence-electron chi connectivity index (χ4n) is 2.32. The molecule has 0 saturated carbocycles. The lowest BCUT2D eigenvalue weighted by molar-refractivity contribution is 0.106. The molecule has 5 heteroatoms. The van der Waals surface area contributed by atoms with Crippen LogP contribution >= 0.6 is 0 Å². The van der Waals surface area contributed by atoms with Gasteiger partial charge in [0, 0.05) is 31.7 Å². The highest BCUT2D eigenvalue weighted by Gasteiger charge is 2.29. The van der Waals surface area contributed by atoms with Gasteiger partial charge in [0.05, 0.1) is 6.19 Å². The van der Waals surface area contributed by atoms with Crippen LogP contribution in [0.2, 0.25) is 0 Å². The Morgan fingerprint density at radius 2 is 2.11 bits per heavy atom. The molecule has 19 heavy (non-hydrogen) atoms. The molecule has 1 aliphatic rings. The van der Waals surface area contributed by atoms with E-state index in [1.54, 1.807) is 7.41 Å². The van der Waals surface area contributed by atoms with E-state index in [-0.39, 0.29) is 6.04 Å². The van der Waals surface area contributed by atoms with Gasteiger partial charge in [-0.25, -0.2) is 0 Å². The van der Waals surface area contributed by atoms with E-state index in [1.807, 2.05) is 11.7 Å². The quantitative estimate of drug-likeness (QED) is 0.600. The van der Waals surface area contributed by atoms with Gasteiger partial charge in [-0.1, -0.05) is 24.3 Å². The van der Waals surface area contributed by atoms with Crippen molar-refractivity contribution >= 4 is 13.6 Å². The predicted molar refractivity (Wildman–Crippen MR) is 78.4 cm³/mol. The number of benzene rings is 1. The Morgan fingerprint density at radius 3 is 2.63 bits per heavy atom. The zero-order chi connectivity index (χ0) is 13.8. The molecule has 101 valence electrons. The topological polar surface area (TPSA) is 49.6 Å². The minimum Gasteiger partial charge on any atom is -0.337 e. The molecule has 4 nitrogen and oxygen atoms in total. The van der Waals surface area contributed by atoms with Crippen LogP contribution in [0.25, 0.3) is 0 Å². The maximum atomic E-state index is 10.3. The summed E-state index contributed by atoms with van der Waals surface area (Å²) in [4.78, 5) is 14.7. The summed E-state index contributed by atoms with van der Waals surface area (Å²) < 4.78 is 0. The molecule has 1 aromatic carbocycles. The molecule has 1 heterocycles. The molecule has 1 radical (unpaired) electrons. The number of rotatable bonds is 6. The van der Waals surface area contributed by atoms with Crippen LogP contribution in [-0.2, 0) is 11.3 Å². The second-order valence-electron chi connectivity index (χ2n) is 5.34. The van der Waals surface area contributed by atoms with E-state index in [9.17, 15) is 4.79 Å². The van der Waals surface area contributed by atoms with Crippen molar-refractivity contribution in [1.82, 2.24) is 9.71 Å². The first-order valence-electron chi connectivity index (χ1n) is 6.67. The predicted octanol–water partition coefficient (Wildman–Crippen LogP) is 0.632. The summed E-state index contributed by atoms with van der Waals surface area (Å²) in [6.45, 7) is 4.80. The van der Waals surface area contributed by atoms with E-state index in [4.69, 9.17) is 5.73 Å². The Morgan fingerprint density at radius 1 is 1.47 bits per heavy atom. The van der Waals surface area contributed by atoms with Gasteiger partial charge in [0.1, 0.15) is 0 Å². The first kappa shape index (κ1) is 14.2. The van der Waals surface area contributed by atoms with Crippen LogP contribution in [-0.4, -0.2) is 49.5 Å². The Labute approximate surface area is 115 Å². The third-order valence-corrected chi connectivity index (χ3v) is 3.72. The zero-order valence-corrected chi connectivity index (χ0v) is 11.6. The van der Waals surface area contributed by atoms with E-state index in [2.05, 4.69) is 36.2 Å². The van der Waals surface area contributed by atoms with Crippen LogP contribution in [0.15, 0.2) is 24.3 Å². The van der Waals surface area contributed by atoms with Gasteiger partial charge in [-0.2, -0.15) is 0 Å². The number of hydrogen-bond donors (Lipinski definition) is 1. The Kier molecular flexibility index (Phi) is 4.74. The normalized spacial score (nSPS) is 18.1. The lowest BCUT2D eigenvalue weighted by Crippen LogP contribution is -2.59. The van der Waals surface area contributed by atoms with Gasteiger partial charge in [-0.15, -0.1) is 0 Å². The van der Waals surface area contributed by atoms with Crippen LogP contribution in [0.5, 0.6) is 0 Å². The summed E-state index contributed by atoms with van der Waals surface area (Å²) in [7, 11) is 3.74. The van der Waals surface area contributed by atoms with Gasteiger partial charge < -0.3 is 15.3 Å². The lowest BCUT2D eigenvalue weighted by atomic mass is 9.87. The molecular formula is C14H21BN3O. The molecule has 0 amide bonds. The standard InChI is InChI=1S/C14H21BN3O/c1-11(16)13-5-3-12(4-6-13)7-17(2)14-8-18(9-14)15-10-19/h3-6,10-11,14H,7-9,16H2,1-2H3/t11-/m0/s1. The second kappa shape index (κ2) is 6.32. The highest BCUT2D eigenvalue weighted by atomic mass is 16.1. The molecule has 1 atom stereocenters. The molecule has 1 fully saturated rings. The molecule has 1 saturated heterocycles. The smallest absolute Gasteiger partial charge is 0.293 e. The number of likely N-dealkylation sites (N-methyl/N-ethyl adjacent to an activating group) is 1. The molecule has 0 aromatic heterocycles. The molecule has 0 unspecified atom stereocenters. The Balaban J connectivity index is 1.82. The first-order valence-corrected chi connectivity index (χ1v) is 6.67. The number of nitrogens with zero attached hydrogens (tertiary/aromatic N) is 2. The van der Waals surface area contributed by atoms with E-state index >= 15 is 0 Å². The van der Waals surface area contributed by atoms with E-state index < -0.39 is 0 Å². The van der Waals surface area contributed by atoms with Crippen molar-refractivity contribution in [2.24, 2.45) is 5.73 Å². The van der Waals surface area contributed by atoms with Gasteiger partial charge in [0.25, 0.3) is 7.41 Å². The van der Waals surface area contributed by atoms with Crippen molar-refractivity contribution in [1.29, 1.82) is 0 Å². The van der Waals surface area contributed by atoms with Crippen molar-refractivity contribution in [3.8, 4) is 0 Å². The number of carbonyl (C=O) groups excluding carboxylic acids is 1. The summed E-state index contributed by atoms with van der Waals surface area (Å²) in [5, 5.41) is 0. The third-order valence-electron chi connectivity index (χ3n) is 3.72. The van der Waals surface area contributed by atoms with Crippen LogP contribution in [0.4, 0.5) is 0 Å². The number of hydrogen-bond acceptors (Lipinski definition) is 4. The minimum atomic E-state index is 0.0887. The monoisotopic (exact) mass is 258 g/mol. The van der Waals surface area contributed by atoms with Crippen LogP contribution in [0, 0.1) is 0 Å². The summed E-state index contributed by atoms with van der Waals surface area (Å²) in [6.07, 6.45) is 0.850. The fraction of sp³-hybridized carbons (Fsp3) is 0.500. The summed E-state index contributed by atoms with van der Waals surface area (Å²) in [5.41, 5.74) is 8.30. The summed E-state index contributed by atoms with van der Waals surface area (Å²) >= 11 is 0. The largest absolute Gasteiger partial charge is 0.337 e. The van der Waals surface area contributed by atoms with Crippen molar-refractivity contribution in [3.05, 3.63) is 35.4 Å². The summed E-state index contributed by atoms with van der Waals surface area (Å²) in [6, 6.07) is 9.10. The highest BCUT2D eigenvalue weighted by Crippen LogP contribution is 2.16. The first-order chi connectivity index (χ1) is 9.10. The van der Waals surface area contributed by atoms with Crippen LogP contribution in [0.1, 0.15) is 24.1 Å². The van der Waals surface area contributed by atoms with E-state index in [0.717, 1.165) is 25.8 Å². The third kappa shape index (κ3) is 3.66.